The van der Waals surface area contributed by atoms with Crippen LogP contribution >= 0.6 is 11.8 Å². The third-order valence-corrected chi connectivity index (χ3v) is 3.28. The molecule has 0 heterocycles. The molecule has 1 aromatic carbocycles. The van der Waals surface area contributed by atoms with E-state index in [1.54, 1.807) is 14.1 Å². The summed E-state index contributed by atoms with van der Waals surface area (Å²) in [4.78, 5) is 25.0. The van der Waals surface area contributed by atoms with Crippen LogP contribution in [0.15, 0.2) is 35.4 Å². The SMILES string of the molecule is COC(=O)S/C(=C\N(C)C)C(=O)c1ccccc1C(F)(F)F. The van der Waals surface area contributed by atoms with Crippen molar-refractivity contribution in [3.8, 4) is 0 Å². The molecule has 1 aromatic rings. The highest BCUT2D eigenvalue weighted by Gasteiger charge is 2.35. The molecule has 0 radical (unpaired) electrons. The molecule has 22 heavy (non-hydrogen) atoms. The number of thioether (sulfide) groups is 1. The maximum absolute atomic E-state index is 13.0. The Hall–Kier alpha value is -1.96. The molecule has 0 unspecified atom stereocenters. The van der Waals surface area contributed by atoms with Gasteiger partial charge in [0, 0.05) is 25.9 Å². The number of halogens is 3. The highest BCUT2D eigenvalue weighted by Crippen LogP contribution is 2.34. The van der Waals surface area contributed by atoms with Gasteiger partial charge in [0.25, 0.3) is 0 Å². The first-order valence-corrected chi connectivity index (χ1v) is 6.83. The average Bonchev–Trinajstić information content (AvgIpc) is 2.44. The molecule has 0 aromatic heterocycles. The first-order chi connectivity index (χ1) is 10.2. The second kappa shape index (κ2) is 7.35. The second-order valence-electron chi connectivity index (χ2n) is 4.39. The summed E-state index contributed by atoms with van der Waals surface area (Å²) in [6.45, 7) is 0. The van der Waals surface area contributed by atoms with Gasteiger partial charge in [-0.3, -0.25) is 4.79 Å². The molecule has 0 amide bonds. The number of alkyl halides is 3. The number of rotatable bonds is 4. The average molecular weight is 333 g/mol. The Morgan fingerprint density at radius 3 is 2.32 bits per heavy atom. The van der Waals surface area contributed by atoms with Crippen molar-refractivity contribution in [1.82, 2.24) is 4.90 Å². The lowest BCUT2D eigenvalue weighted by atomic mass is 10.0. The number of hydrogen-bond donors (Lipinski definition) is 0. The molecule has 0 saturated carbocycles. The Morgan fingerprint density at radius 1 is 1.23 bits per heavy atom. The van der Waals surface area contributed by atoms with Gasteiger partial charge in [-0.05, 0) is 17.8 Å². The van der Waals surface area contributed by atoms with E-state index in [1.165, 1.54) is 23.2 Å². The monoisotopic (exact) mass is 333 g/mol. The van der Waals surface area contributed by atoms with E-state index in [0.29, 0.717) is 11.8 Å². The van der Waals surface area contributed by atoms with Crippen molar-refractivity contribution >= 4 is 22.8 Å². The number of benzene rings is 1. The van der Waals surface area contributed by atoms with Crippen molar-refractivity contribution in [1.29, 1.82) is 0 Å². The van der Waals surface area contributed by atoms with Gasteiger partial charge in [-0.15, -0.1) is 0 Å². The van der Waals surface area contributed by atoms with Crippen molar-refractivity contribution < 1.29 is 27.5 Å². The zero-order valence-corrected chi connectivity index (χ0v) is 12.9. The van der Waals surface area contributed by atoms with E-state index in [0.717, 1.165) is 19.2 Å². The smallest absolute Gasteiger partial charge is 0.417 e. The molecule has 1 rings (SSSR count). The molecule has 0 aliphatic heterocycles. The minimum Gasteiger partial charge on any atom is -0.461 e. The molecule has 0 atom stereocenters. The van der Waals surface area contributed by atoms with Crippen molar-refractivity contribution in [3.63, 3.8) is 0 Å². The second-order valence-corrected chi connectivity index (χ2v) is 5.36. The summed E-state index contributed by atoms with van der Waals surface area (Å²) >= 11 is 0.437. The Labute approximate surface area is 129 Å². The fourth-order valence-corrected chi connectivity index (χ4v) is 2.29. The van der Waals surface area contributed by atoms with E-state index in [2.05, 4.69) is 4.74 Å². The van der Waals surface area contributed by atoms with Crippen LogP contribution in [0.3, 0.4) is 0 Å². The maximum Gasteiger partial charge on any atom is 0.417 e. The number of carbonyl (C=O) groups excluding carboxylic acids is 2. The zero-order valence-electron chi connectivity index (χ0n) is 12.1. The first-order valence-electron chi connectivity index (χ1n) is 6.01. The molecular formula is C14H14F3NO3S. The Kier molecular flexibility index (Phi) is 6.04. The van der Waals surface area contributed by atoms with Crippen LogP contribution in [0.1, 0.15) is 15.9 Å². The molecule has 0 spiro atoms. The summed E-state index contributed by atoms with van der Waals surface area (Å²) in [5.41, 5.74) is -1.56. The van der Waals surface area contributed by atoms with Gasteiger partial charge in [-0.2, -0.15) is 13.2 Å². The molecular weight excluding hydrogens is 319 g/mol. The summed E-state index contributed by atoms with van der Waals surface area (Å²) in [7, 11) is 4.29. The van der Waals surface area contributed by atoms with Gasteiger partial charge >= 0.3 is 11.5 Å². The van der Waals surface area contributed by atoms with Crippen LogP contribution in [0, 0.1) is 0 Å². The summed E-state index contributed by atoms with van der Waals surface area (Å²) in [6, 6.07) is 4.43. The normalized spacial score (nSPS) is 12.0. The zero-order chi connectivity index (χ0) is 16.9. The molecule has 8 heteroatoms. The number of ether oxygens (including phenoxy) is 1. The predicted octanol–water partition coefficient (Wildman–Crippen LogP) is 3.79. The van der Waals surface area contributed by atoms with Gasteiger partial charge in [-0.25, -0.2) is 4.79 Å². The first kappa shape index (κ1) is 18.1. The number of Topliss-reactive ketones (excluding diaryl/α,β-unsaturated/α-hetero) is 1. The number of nitrogens with zero attached hydrogens (tertiary/aromatic N) is 1. The topological polar surface area (TPSA) is 46.6 Å². The van der Waals surface area contributed by atoms with Crippen LogP contribution in [0.2, 0.25) is 0 Å². The third kappa shape index (κ3) is 4.80. The number of allylic oxidation sites excluding steroid dienone is 1. The maximum atomic E-state index is 13.0. The van der Waals surface area contributed by atoms with Crippen LogP contribution in [0.4, 0.5) is 18.0 Å². The lowest BCUT2D eigenvalue weighted by molar-refractivity contribution is -0.137. The van der Waals surface area contributed by atoms with Crippen LogP contribution in [0.5, 0.6) is 0 Å². The number of hydrogen-bond acceptors (Lipinski definition) is 5. The summed E-state index contributed by atoms with van der Waals surface area (Å²) < 4.78 is 43.4. The number of ketones is 1. The minimum absolute atomic E-state index is 0.159. The van der Waals surface area contributed by atoms with Crippen LogP contribution in [0.25, 0.3) is 0 Å². The van der Waals surface area contributed by atoms with E-state index >= 15 is 0 Å². The summed E-state index contributed by atoms with van der Waals surface area (Å²) in [5.74, 6) is -0.892. The fourth-order valence-electron chi connectivity index (χ4n) is 1.56. The molecule has 0 bridgehead atoms. The van der Waals surface area contributed by atoms with Gasteiger partial charge in [0.1, 0.15) is 0 Å². The summed E-state index contributed by atoms with van der Waals surface area (Å²) in [6.07, 6.45) is -3.39. The molecule has 4 nitrogen and oxygen atoms in total. The lowest BCUT2D eigenvalue weighted by Crippen LogP contribution is -2.15. The van der Waals surface area contributed by atoms with E-state index in [1.807, 2.05) is 0 Å². The highest BCUT2D eigenvalue weighted by molar-refractivity contribution is 8.17. The standard InChI is InChI=1S/C14H14F3NO3S/c1-18(2)8-11(22-13(20)21-3)12(19)9-6-4-5-7-10(9)14(15,16)17/h4-8H,1-3H3/b11-8-. The van der Waals surface area contributed by atoms with Crippen LogP contribution < -0.4 is 0 Å². The Bertz CT molecular complexity index is 597. The van der Waals surface area contributed by atoms with Crippen molar-refractivity contribution in [2.24, 2.45) is 0 Å². The fraction of sp³-hybridized carbons (Fsp3) is 0.286. The van der Waals surface area contributed by atoms with Crippen molar-refractivity contribution in [3.05, 3.63) is 46.5 Å². The van der Waals surface area contributed by atoms with Crippen molar-refractivity contribution in [2.75, 3.05) is 21.2 Å². The predicted molar refractivity (Wildman–Crippen MR) is 77.5 cm³/mol. The van der Waals surface area contributed by atoms with Crippen molar-refractivity contribution in [2.45, 2.75) is 6.18 Å². The molecule has 0 aliphatic carbocycles. The summed E-state index contributed by atoms with van der Waals surface area (Å²) in [5, 5.41) is -0.786. The van der Waals surface area contributed by atoms with E-state index in [-0.39, 0.29) is 4.91 Å². The number of carbonyl (C=O) groups is 2. The van der Waals surface area contributed by atoms with E-state index in [9.17, 15) is 22.8 Å². The van der Waals surface area contributed by atoms with Crippen LogP contribution in [-0.4, -0.2) is 37.2 Å². The molecule has 0 fully saturated rings. The van der Waals surface area contributed by atoms with E-state index in [4.69, 9.17) is 0 Å². The number of methoxy groups -OCH3 is 1. The molecule has 0 aliphatic rings. The minimum atomic E-state index is -4.66. The highest BCUT2D eigenvalue weighted by atomic mass is 32.2. The van der Waals surface area contributed by atoms with Gasteiger partial charge in [-0.1, -0.05) is 18.2 Å². The molecule has 0 saturated heterocycles. The Balaban J connectivity index is 3.29. The van der Waals surface area contributed by atoms with Crippen LogP contribution in [-0.2, 0) is 10.9 Å². The third-order valence-electron chi connectivity index (χ3n) is 2.44. The molecule has 120 valence electrons. The van der Waals surface area contributed by atoms with Gasteiger partial charge < -0.3 is 9.64 Å². The van der Waals surface area contributed by atoms with Gasteiger partial charge in [0.05, 0.1) is 17.6 Å². The lowest BCUT2D eigenvalue weighted by Gasteiger charge is -2.14. The quantitative estimate of drug-likeness (QED) is 0.477. The molecule has 0 N–H and O–H groups in total. The van der Waals surface area contributed by atoms with E-state index < -0.39 is 28.4 Å². The largest absolute Gasteiger partial charge is 0.461 e. The van der Waals surface area contributed by atoms with Gasteiger partial charge in [0.2, 0.25) is 5.78 Å². The Morgan fingerprint density at radius 2 is 1.82 bits per heavy atom. The van der Waals surface area contributed by atoms with Gasteiger partial charge in [0.15, 0.2) is 0 Å².